The molecule has 4 nitrogen and oxygen atoms in total. The molecule has 0 unspecified atom stereocenters. The summed E-state index contributed by atoms with van der Waals surface area (Å²) in [5.74, 6) is -1.51. The van der Waals surface area contributed by atoms with E-state index in [1.54, 1.807) is 6.92 Å². The molecule has 0 aromatic heterocycles. The van der Waals surface area contributed by atoms with Crippen molar-refractivity contribution in [1.82, 2.24) is 0 Å². The Hall–Kier alpha value is -1.58. The summed E-state index contributed by atoms with van der Waals surface area (Å²) >= 11 is 0. The summed E-state index contributed by atoms with van der Waals surface area (Å²) in [5, 5.41) is 0. The number of rotatable bonds is 4. The number of hydrogen-bond acceptors (Lipinski definition) is 4. The van der Waals surface area contributed by atoms with E-state index in [1.807, 2.05) is 0 Å². The SMILES string of the molecule is [CH]=C(C(=C)C(=O)OC)C(=O)OCC. The van der Waals surface area contributed by atoms with Gasteiger partial charge in [-0.25, -0.2) is 9.59 Å². The zero-order valence-electron chi connectivity index (χ0n) is 7.62. The van der Waals surface area contributed by atoms with Gasteiger partial charge in [-0.2, -0.15) is 0 Å². The van der Waals surface area contributed by atoms with E-state index in [-0.39, 0.29) is 17.8 Å². The third-order valence-electron chi connectivity index (χ3n) is 1.25. The van der Waals surface area contributed by atoms with E-state index in [0.717, 1.165) is 0 Å². The van der Waals surface area contributed by atoms with Crippen LogP contribution >= 0.6 is 0 Å². The lowest BCUT2D eigenvalue weighted by molar-refractivity contribution is -0.141. The predicted octanol–water partition coefficient (Wildman–Crippen LogP) is 0.638. The predicted molar refractivity (Wildman–Crippen MR) is 45.6 cm³/mol. The molecule has 0 spiro atoms. The molecular formula is C9H11O4. The highest BCUT2D eigenvalue weighted by Crippen LogP contribution is 2.08. The molecule has 0 aromatic carbocycles. The fourth-order valence-electron chi connectivity index (χ4n) is 0.565. The van der Waals surface area contributed by atoms with Gasteiger partial charge in [0.1, 0.15) is 0 Å². The smallest absolute Gasteiger partial charge is 0.338 e. The molecule has 0 aromatic rings. The Bertz CT molecular complexity index is 252. The van der Waals surface area contributed by atoms with E-state index < -0.39 is 11.9 Å². The molecule has 0 N–H and O–H groups in total. The van der Waals surface area contributed by atoms with Gasteiger partial charge in [0.15, 0.2) is 0 Å². The van der Waals surface area contributed by atoms with Crippen LogP contribution < -0.4 is 0 Å². The highest BCUT2D eigenvalue weighted by molar-refractivity contribution is 6.05. The van der Waals surface area contributed by atoms with E-state index >= 15 is 0 Å². The maximum atomic E-state index is 11.0. The number of carbonyl (C=O) groups excluding carboxylic acids is 2. The molecule has 0 rings (SSSR count). The molecule has 0 heterocycles. The van der Waals surface area contributed by atoms with Crippen molar-refractivity contribution in [2.24, 2.45) is 0 Å². The van der Waals surface area contributed by atoms with Crippen molar-refractivity contribution in [2.75, 3.05) is 13.7 Å². The van der Waals surface area contributed by atoms with Gasteiger partial charge in [0.2, 0.25) is 0 Å². The van der Waals surface area contributed by atoms with Gasteiger partial charge in [0, 0.05) is 0 Å². The molecule has 0 aliphatic carbocycles. The van der Waals surface area contributed by atoms with Crippen LogP contribution in [0.15, 0.2) is 17.7 Å². The summed E-state index contributed by atoms with van der Waals surface area (Å²) in [6.07, 6.45) is 0. The van der Waals surface area contributed by atoms with Crippen LogP contribution in [0.1, 0.15) is 6.92 Å². The van der Waals surface area contributed by atoms with Crippen LogP contribution in [0.4, 0.5) is 0 Å². The minimum Gasteiger partial charge on any atom is -0.465 e. The summed E-state index contributed by atoms with van der Waals surface area (Å²) < 4.78 is 8.86. The Morgan fingerprint density at radius 3 is 2.31 bits per heavy atom. The van der Waals surface area contributed by atoms with E-state index in [9.17, 15) is 9.59 Å². The van der Waals surface area contributed by atoms with E-state index in [1.165, 1.54) is 7.11 Å². The van der Waals surface area contributed by atoms with Crippen LogP contribution in [0, 0.1) is 6.58 Å². The van der Waals surface area contributed by atoms with Crippen molar-refractivity contribution in [2.45, 2.75) is 6.92 Å². The molecular weight excluding hydrogens is 172 g/mol. The monoisotopic (exact) mass is 183 g/mol. The highest BCUT2D eigenvalue weighted by atomic mass is 16.5. The Kier molecular flexibility index (Phi) is 4.51. The van der Waals surface area contributed by atoms with Crippen molar-refractivity contribution in [3.63, 3.8) is 0 Å². The number of carbonyl (C=O) groups is 2. The molecule has 71 valence electrons. The van der Waals surface area contributed by atoms with Crippen molar-refractivity contribution >= 4 is 11.9 Å². The zero-order chi connectivity index (χ0) is 10.4. The van der Waals surface area contributed by atoms with Gasteiger partial charge in [-0.1, -0.05) is 6.58 Å². The maximum Gasteiger partial charge on any atom is 0.338 e. The molecule has 0 saturated heterocycles. The number of ether oxygens (including phenoxy) is 2. The quantitative estimate of drug-likeness (QED) is 0.364. The number of hydrogen-bond donors (Lipinski definition) is 0. The van der Waals surface area contributed by atoms with Crippen molar-refractivity contribution in [3.8, 4) is 0 Å². The van der Waals surface area contributed by atoms with Gasteiger partial charge in [-0.3, -0.25) is 0 Å². The topological polar surface area (TPSA) is 52.6 Å². The standard InChI is InChI=1S/C9H11O4/c1-5-13-9(11)7(3)6(2)8(10)12-4/h3H,2,5H2,1,4H3. The first kappa shape index (κ1) is 11.4. The first-order valence-corrected chi connectivity index (χ1v) is 3.61. The Labute approximate surface area is 76.8 Å². The molecule has 0 aliphatic rings. The van der Waals surface area contributed by atoms with Crippen LogP contribution in [0.5, 0.6) is 0 Å². The van der Waals surface area contributed by atoms with Gasteiger partial charge in [-0.05, 0) is 13.5 Å². The number of esters is 2. The van der Waals surface area contributed by atoms with Crippen LogP contribution in [0.2, 0.25) is 0 Å². The highest BCUT2D eigenvalue weighted by Gasteiger charge is 2.17. The summed E-state index contributed by atoms with van der Waals surface area (Å²) in [4.78, 5) is 21.8. The molecule has 0 amide bonds. The molecule has 1 radical (unpaired) electrons. The Morgan fingerprint density at radius 1 is 1.38 bits per heavy atom. The van der Waals surface area contributed by atoms with Crippen LogP contribution in [0.25, 0.3) is 0 Å². The van der Waals surface area contributed by atoms with Gasteiger partial charge >= 0.3 is 11.9 Å². The summed E-state index contributed by atoms with van der Waals surface area (Å²) in [7, 11) is 1.17. The molecule has 0 bridgehead atoms. The maximum absolute atomic E-state index is 11.0. The van der Waals surface area contributed by atoms with E-state index in [4.69, 9.17) is 6.58 Å². The summed E-state index contributed by atoms with van der Waals surface area (Å²) in [6, 6.07) is 0. The molecule has 0 atom stereocenters. The van der Waals surface area contributed by atoms with Crippen LogP contribution in [-0.2, 0) is 19.1 Å². The van der Waals surface area contributed by atoms with Gasteiger partial charge in [0.05, 0.1) is 24.9 Å². The molecule has 13 heavy (non-hydrogen) atoms. The Morgan fingerprint density at radius 2 is 1.92 bits per heavy atom. The average molecular weight is 183 g/mol. The minimum atomic E-state index is -0.766. The zero-order valence-corrected chi connectivity index (χ0v) is 7.62. The third-order valence-corrected chi connectivity index (χ3v) is 1.25. The van der Waals surface area contributed by atoms with Crippen molar-refractivity contribution in [1.29, 1.82) is 0 Å². The second-order valence-electron chi connectivity index (χ2n) is 2.10. The fraction of sp³-hybridized carbons (Fsp3) is 0.333. The fourth-order valence-corrected chi connectivity index (χ4v) is 0.565. The first-order chi connectivity index (χ1) is 6.04. The lowest BCUT2D eigenvalue weighted by Gasteiger charge is -2.05. The lowest BCUT2D eigenvalue weighted by atomic mass is 10.1. The van der Waals surface area contributed by atoms with E-state index in [2.05, 4.69) is 16.1 Å². The largest absolute Gasteiger partial charge is 0.465 e. The Balaban J connectivity index is 4.35. The number of methoxy groups -OCH3 is 1. The molecule has 4 heteroatoms. The normalized spacial score (nSPS) is 8.77. The first-order valence-electron chi connectivity index (χ1n) is 3.61. The van der Waals surface area contributed by atoms with Crippen LogP contribution in [-0.4, -0.2) is 25.7 Å². The summed E-state index contributed by atoms with van der Waals surface area (Å²) in [6.45, 7) is 10.4. The van der Waals surface area contributed by atoms with Gasteiger partial charge in [-0.15, -0.1) is 0 Å². The van der Waals surface area contributed by atoms with Gasteiger partial charge < -0.3 is 9.47 Å². The van der Waals surface area contributed by atoms with E-state index in [0.29, 0.717) is 0 Å². The van der Waals surface area contributed by atoms with Crippen LogP contribution in [0.3, 0.4) is 0 Å². The molecule has 0 saturated carbocycles. The second kappa shape index (κ2) is 5.13. The average Bonchev–Trinajstić information content (AvgIpc) is 2.14. The van der Waals surface area contributed by atoms with Crippen molar-refractivity contribution < 1.29 is 19.1 Å². The molecule has 0 fully saturated rings. The lowest BCUT2D eigenvalue weighted by Crippen LogP contribution is -2.14. The third kappa shape index (κ3) is 3.11. The summed E-state index contributed by atoms with van der Waals surface area (Å²) in [5.41, 5.74) is -0.519. The molecule has 0 aliphatic heterocycles. The second-order valence-corrected chi connectivity index (χ2v) is 2.10. The van der Waals surface area contributed by atoms with Gasteiger partial charge in [0.25, 0.3) is 0 Å². The van der Waals surface area contributed by atoms with Crippen molar-refractivity contribution in [3.05, 3.63) is 24.3 Å². The minimum absolute atomic E-state index is 0.188.